The molecule has 0 aliphatic rings. The lowest BCUT2D eigenvalue weighted by Gasteiger charge is -2.21. The Morgan fingerprint density at radius 1 is 1.44 bits per heavy atom. The van der Waals surface area contributed by atoms with Crippen molar-refractivity contribution in [2.75, 3.05) is 6.61 Å². The molecule has 1 aromatic heterocycles. The molecule has 1 aromatic rings. The zero-order chi connectivity index (χ0) is 12.4. The molecular formula is C13H21NOS. The molecule has 1 unspecified atom stereocenters. The van der Waals surface area contributed by atoms with Crippen LogP contribution in [0.2, 0.25) is 0 Å². The number of aliphatic hydroxyl groups is 1. The van der Waals surface area contributed by atoms with E-state index in [2.05, 4.69) is 37.7 Å². The van der Waals surface area contributed by atoms with Crippen molar-refractivity contribution >= 4 is 11.3 Å². The number of hydrogen-bond donors (Lipinski definition) is 1. The number of nitrogens with zero attached hydrogens (tertiary/aromatic N) is 1. The molecule has 2 nitrogen and oxygen atoms in total. The normalized spacial score (nSPS) is 15.8. The minimum atomic E-state index is -0.257. The summed E-state index contributed by atoms with van der Waals surface area (Å²) >= 11 is 1.66. The van der Waals surface area contributed by atoms with Crippen LogP contribution in [0.15, 0.2) is 18.0 Å². The predicted octanol–water partition coefficient (Wildman–Crippen LogP) is 3.17. The van der Waals surface area contributed by atoms with Gasteiger partial charge in [0.2, 0.25) is 0 Å². The summed E-state index contributed by atoms with van der Waals surface area (Å²) in [6, 6.07) is 0. The van der Waals surface area contributed by atoms with Gasteiger partial charge in [0.05, 0.1) is 17.3 Å². The van der Waals surface area contributed by atoms with Gasteiger partial charge in [0.15, 0.2) is 0 Å². The molecule has 1 rings (SSSR count). The van der Waals surface area contributed by atoms with Gasteiger partial charge in [-0.05, 0) is 0 Å². The molecule has 0 amide bonds. The zero-order valence-corrected chi connectivity index (χ0v) is 11.4. The molecule has 0 aliphatic carbocycles. The zero-order valence-electron chi connectivity index (χ0n) is 10.6. The van der Waals surface area contributed by atoms with Gasteiger partial charge in [-0.1, -0.05) is 33.8 Å². The Morgan fingerprint density at radius 2 is 2.06 bits per heavy atom. The molecule has 0 saturated carbocycles. The molecule has 0 fully saturated rings. The molecule has 0 saturated heterocycles. The van der Waals surface area contributed by atoms with Crippen LogP contribution in [0, 0.1) is 5.41 Å². The van der Waals surface area contributed by atoms with Gasteiger partial charge in [0, 0.05) is 22.6 Å². The van der Waals surface area contributed by atoms with Crippen molar-refractivity contribution in [1.29, 1.82) is 0 Å². The van der Waals surface area contributed by atoms with Gasteiger partial charge in [-0.2, -0.15) is 0 Å². The van der Waals surface area contributed by atoms with E-state index in [1.807, 2.05) is 13.0 Å². The Kier molecular flexibility index (Phi) is 3.92. The van der Waals surface area contributed by atoms with Gasteiger partial charge >= 0.3 is 0 Å². The first-order valence-electron chi connectivity index (χ1n) is 5.50. The highest BCUT2D eigenvalue weighted by atomic mass is 32.1. The number of aliphatic hydroxyl groups excluding tert-OH is 1. The molecule has 0 spiro atoms. The first-order chi connectivity index (χ1) is 7.30. The van der Waals surface area contributed by atoms with E-state index in [4.69, 9.17) is 0 Å². The maximum atomic E-state index is 9.32. The Bertz CT molecular complexity index is 364. The molecule has 0 aromatic carbocycles. The van der Waals surface area contributed by atoms with Crippen LogP contribution in [-0.4, -0.2) is 16.7 Å². The third-order valence-electron chi connectivity index (χ3n) is 2.73. The van der Waals surface area contributed by atoms with Gasteiger partial charge in [-0.25, -0.2) is 4.98 Å². The topological polar surface area (TPSA) is 33.1 Å². The lowest BCUT2D eigenvalue weighted by atomic mass is 9.88. The van der Waals surface area contributed by atoms with Crippen molar-refractivity contribution in [2.24, 2.45) is 5.41 Å². The first kappa shape index (κ1) is 13.4. The van der Waals surface area contributed by atoms with Crippen LogP contribution in [0.25, 0.3) is 0 Å². The molecule has 90 valence electrons. The Hall–Kier alpha value is -0.670. The average molecular weight is 239 g/mol. The molecule has 16 heavy (non-hydrogen) atoms. The third-order valence-corrected chi connectivity index (χ3v) is 3.58. The highest BCUT2D eigenvalue weighted by molar-refractivity contribution is 7.09. The summed E-state index contributed by atoms with van der Waals surface area (Å²) in [4.78, 5) is 4.62. The van der Waals surface area contributed by atoms with Gasteiger partial charge < -0.3 is 5.11 Å². The van der Waals surface area contributed by atoms with E-state index in [9.17, 15) is 5.11 Å². The second-order valence-corrected chi connectivity index (χ2v) is 6.51. The third kappa shape index (κ3) is 3.16. The molecule has 0 radical (unpaired) electrons. The minimum Gasteiger partial charge on any atom is -0.395 e. The fraction of sp³-hybridized carbons (Fsp3) is 0.615. The van der Waals surface area contributed by atoms with Gasteiger partial charge in [0.25, 0.3) is 0 Å². The van der Waals surface area contributed by atoms with Gasteiger partial charge in [-0.3, -0.25) is 0 Å². The summed E-state index contributed by atoms with van der Waals surface area (Å²) in [7, 11) is 0. The number of aromatic nitrogens is 1. The van der Waals surface area contributed by atoms with E-state index in [-0.39, 0.29) is 17.4 Å². The summed E-state index contributed by atoms with van der Waals surface area (Å²) in [6.45, 7) is 12.4. The monoisotopic (exact) mass is 239 g/mol. The van der Waals surface area contributed by atoms with E-state index in [0.29, 0.717) is 0 Å². The first-order valence-corrected chi connectivity index (χ1v) is 6.38. The Labute approximate surface area is 102 Å². The van der Waals surface area contributed by atoms with Crippen molar-refractivity contribution in [1.82, 2.24) is 4.98 Å². The molecule has 1 heterocycles. The van der Waals surface area contributed by atoms with Crippen LogP contribution in [0.5, 0.6) is 0 Å². The minimum absolute atomic E-state index is 0.0958. The van der Waals surface area contributed by atoms with E-state index >= 15 is 0 Å². The van der Waals surface area contributed by atoms with Gasteiger partial charge in [-0.15, -0.1) is 17.9 Å². The average Bonchev–Trinajstić information content (AvgIpc) is 2.65. The highest BCUT2D eigenvalue weighted by Crippen LogP contribution is 2.28. The number of rotatable bonds is 4. The van der Waals surface area contributed by atoms with Crippen LogP contribution < -0.4 is 0 Å². The van der Waals surface area contributed by atoms with Gasteiger partial charge in [0.1, 0.15) is 0 Å². The largest absolute Gasteiger partial charge is 0.395 e. The van der Waals surface area contributed by atoms with E-state index in [1.54, 1.807) is 11.3 Å². The predicted molar refractivity (Wildman–Crippen MR) is 69.9 cm³/mol. The SMILES string of the molecule is C=CC(C)(CO)Cc1nc(C(C)(C)C)cs1. The van der Waals surface area contributed by atoms with Crippen molar-refractivity contribution in [3.63, 3.8) is 0 Å². The number of thiazole rings is 1. The second kappa shape index (κ2) is 4.68. The fourth-order valence-corrected chi connectivity index (χ4v) is 2.49. The lowest BCUT2D eigenvalue weighted by molar-refractivity contribution is 0.184. The molecule has 3 heteroatoms. The Morgan fingerprint density at radius 3 is 2.44 bits per heavy atom. The standard InChI is InChI=1S/C13H21NOS/c1-6-13(5,9-15)7-11-14-10(8-16-11)12(2,3)4/h6,8,15H,1,7,9H2,2-5H3. The summed E-state index contributed by atoms with van der Waals surface area (Å²) in [5.41, 5.74) is 0.961. The van der Waals surface area contributed by atoms with E-state index in [0.717, 1.165) is 17.1 Å². The summed E-state index contributed by atoms with van der Waals surface area (Å²) in [5, 5.41) is 12.5. The summed E-state index contributed by atoms with van der Waals surface area (Å²) in [5.74, 6) is 0. The maximum absolute atomic E-state index is 9.32. The van der Waals surface area contributed by atoms with Crippen molar-refractivity contribution in [3.8, 4) is 0 Å². The van der Waals surface area contributed by atoms with Crippen molar-refractivity contribution in [2.45, 2.75) is 39.5 Å². The van der Waals surface area contributed by atoms with Crippen LogP contribution in [0.4, 0.5) is 0 Å². The summed E-state index contributed by atoms with van der Waals surface area (Å²) < 4.78 is 0. The van der Waals surface area contributed by atoms with Crippen LogP contribution >= 0.6 is 11.3 Å². The highest BCUT2D eigenvalue weighted by Gasteiger charge is 2.23. The smallest absolute Gasteiger partial charge is 0.0937 e. The molecule has 1 atom stereocenters. The lowest BCUT2D eigenvalue weighted by Crippen LogP contribution is -2.21. The second-order valence-electron chi connectivity index (χ2n) is 5.57. The summed E-state index contributed by atoms with van der Waals surface area (Å²) in [6.07, 6.45) is 2.57. The molecule has 0 aliphatic heterocycles. The van der Waals surface area contributed by atoms with E-state index in [1.165, 1.54) is 0 Å². The van der Waals surface area contributed by atoms with Crippen molar-refractivity contribution < 1.29 is 5.11 Å². The fourth-order valence-electron chi connectivity index (χ4n) is 1.27. The molecular weight excluding hydrogens is 218 g/mol. The van der Waals surface area contributed by atoms with Crippen molar-refractivity contribution in [3.05, 3.63) is 28.7 Å². The quantitative estimate of drug-likeness (QED) is 0.819. The van der Waals surface area contributed by atoms with Crippen LogP contribution in [0.3, 0.4) is 0 Å². The molecule has 1 N–H and O–H groups in total. The maximum Gasteiger partial charge on any atom is 0.0937 e. The number of hydrogen-bond acceptors (Lipinski definition) is 3. The van der Waals surface area contributed by atoms with Crippen LogP contribution in [-0.2, 0) is 11.8 Å². The molecule has 0 bridgehead atoms. The Balaban J connectivity index is 2.84. The van der Waals surface area contributed by atoms with Crippen LogP contribution in [0.1, 0.15) is 38.4 Å². The van der Waals surface area contributed by atoms with E-state index < -0.39 is 0 Å².